The molecule has 0 spiro atoms. The van der Waals surface area contributed by atoms with E-state index in [1.165, 1.54) is 5.56 Å². The molecule has 1 atom stereocenters. The molecule has 3 heteroatoms. The van der Waals surface area contributed by atoms with E-state index in [1.54, 1.807) is 7.11 Å². The third-order valence-electron chi connectivity index (χ3n) is 3.12. The summed E-state index contributed by atoms with van der Waals surface area (Å²) in [7, 11) is 1.57. The molecule has 0 N–H and O–H groups in total. The minimum atomic E-state index is -0.462. The predicted molar refractivity (Wildman–Crippen MR) is 65.3 cm³/mol. The number of carbonyl (C=O) groups is 1. The fourth-order valence-corrected chi connectivity index (χ4v) is 2.16. The molecule has 0 saturated carbocycles. The second-order valence-electron chi connectivity index (χ2n) is 4.25. The van der Waals surface area contributed by atoms with Gasteiger partial charge in [0, 0.05) is 13.5 Å². The Labute approximate surface area is 102 Å². The Balaban J connectivity index is 2.29. The fraction of sp³-hybridized carbons (Fsp3) is 0.500. The molecule has 1 unspecified atom stereocenters. The maximum atomic E-state index is 11.7. The Hall–Kier alpha value is -1.35. The van der Waals surface area contributed by atoms with Gasteiger partial charge in [-0.3, -0.25) is 4.79 Å². The lowest BCUT2D eigenvalue weighted by Gasteiger charge is -2.20. The molecule has 92 valence electrons. The minimum Gasteiger partial charge on any atom is -0.493 e. The normalized spacial score (nSPS) is 15.9. The monoisotopic (exact) mass is 234 g/mol. The van der Waals surface area contributed by atoms with Crippen LogP contribution >= 0.6 is 0 Å². The Kier molecular flexibility index (Phi) is 3.79. The number of aryl methyl sites for hydroxylation is 1. The number of ether oxygens (including phenoxy) is 2. The van der Waals surface area contributed by atoms with E-state index in [0.29, 0.717) is 6.42 Å². The largest absolute Gasteiger partial charge is 0.493 e. The number of ketones is 1. The Morgan fingerprint density at radius 3 is 3.06 bits per heavy atom. The number of Topliss-reactive ketones (excluding diaryl/α,β-unsaturated/α-hetero) is 1. The first kappa shape index (κ1) is 12.1. The molecule has 0 radical (unpaired) electrons. The molecular formula is C14H18O3. The molecule has 0 saturated heterocycles. The van der Waals surface area contributed by atoms with Crippen molar-refractivity contribution in [3.05, 3.63) is 29.3 Å². The maximum Gasteiger partial charge on any atom is 0.165 e. The first-order valence-corrected chi connectivity index (χ1v) is 6.07. The molecule has 0 fully saturated rings. The van der Waals surface area contributed by atoms with Crippen LogP contribution in [-0.4, -0.2) is 19.5 Å². The molecule has 0 aliphatic carbocycles. The molecule has 1 aliphatic rings. The molecule has 0 aromatic heterocycles. The van der Waals surface area contributed by atoms with Gasteiger partial charge in [-0.2, -0.15) is 0 Å². The van der Waals surface area contributed by atoms with Crippen molar-refractivity contribution in [2.75, 3.05) is 13.7 Å². The summed E-state index contributed by atoms with van der Waals surface area (Å²) in [5.74, 6) is 1.00. The van der Waals surface area contributed by atoms with Crippen LogP contribution in [0.1, 0.15) is 37.0 Å². The van der Waals surface area contributed by atoms with E-state index in [4.69, 9.17) is 9.47 Å². The van der Waals surface area contributed by atoms with Gasteiger partial charge in [-0.05, 0) is 30.0 Å². The van der Waals surface area contributed by atoms with E-state index in [2.05, 4.69) is 0 Å². The van der Waals surface area contributed by atoms with E-state index in [9.17, 15) is 4.79 Å². The van der Waals surface area contributed by atoms with E-state index in [1.807, 2.05) is 25.1 Å². The van der Waals surface area contributed by atoms with E-state index >= 15 is 0 Å². The van der Waals surface area contributed by atoms with Crippen LogP contribution in [0.25, 0.3) is 0 Å². The highest BCUT2D eigenvalue weighted by molar-refractivity contribution is 5.84. The van der Waals surface area contributed by atoms with E-state index in [0.717, 1.165) is 30.8 Å². The predicted octanol–water partition coefficient (Wildman–Crippen LogP) is 2.68. The summed E-state index contributed by atoms with van der Waals surface area (Å²) in [4.78, 5) is 11.7. The third kappa shape index (κ3) is 2.50. The molecule has 17 heavy (non-hydrogen) atoms. The third-order valence-corrected chi connectivity index (χ3v) is 3.12. The molecule has 1 aliphatic heterocycles. The Morgan fingerprint density at radius 2 is 2.35 bits per heavy atom. The van der Waals surface area contributed by atoms with Crippen LogP contribution in [0, 0.1) is 0 Å². The first-order valence-electron chi connectivity index (χ1n) is 6.07. The highest BCUT2D eigenvalue weighted by Crippen LogP contribution is 2.29. The topological polar surface area (TPSA) is 35.5 Å². The molecule has 1 aromatic carbocycles. The molecule has 1 heterocycles. The average molecular weight is 234 g/mol. The summed E-state index contributed by atoms with van der Waals surface area (Å²) in [5.41, 5.74) is 2.11. The quantitative estimate of drug-likeness (QED) is 0.803. The van der Waals surface area contributed by atoms with Crippen LogP contribution < -0.4 is 4.74 Å². The van der Waals surface area contributed by atoms with Crippen molar-refractivity contribution in [1.29, 1.82) is 0 Å². The molecular weight excluding hydrogens is 216 g/mol. The van der Waals surface area contributed by atoms with Gasteiger partial charge in [0.15, 0.2) is 5.78 Å². The summed E-state index contributed by atoms with van der Waals surface area (Å²) in [6.07, 6.45) is 2.13. The molecule has 0 amide bonds. The highest BCUT2D eigenvalue weighted by Gasteiger charge is 2.20. The number of carbonyl (C=O) groups excluding carboxylic acids is 1. The lowest BCUT2D eigenvalue weighted by atomic mass is 9.99. The molecule has 2 rings (SSSR count). The van der Waals surface area contributed by atoms with Gasteiger partial charge < -0.3 is 9.47 Å². The van der Waals surface area contributed by atoms with Crippen molar-refractivity contribution in [3.8, 4) is 5.75 Å². The smallest absolute Gasteiger partial charge is 0.165 e. The standard InChI is InChI=1S/C14H18O3/c1-3-12(15)14(16-2)11-7-6-10-5-4-8-17-13(10)9-11/h6-7,9,14H,3-5,8H2,1-2H3. The van der Waals surface area contributed by atoms with Crippen molar-refractivity contribution < 1.29 is 14.3 Å². The molecule has 3 nitrogen and oxygen atoms in total. The lowest BCUT2D eigenvalue weighted by molar-refractivity contribution is -0.128. The van der Waals surface area contributed by atoms with Crippen LogP contribution in [0.3, 0.4) is 0 Å². The van der Waals surface area contributed by atoms with Crippen LogP contribution in [0.2, 0.25) is 0 Å². The average Bonchev–Trinajstić information content (AvgIpc) is 2.39. The lowest BCUT2D eigenvalue weighted by Crippen LogP contribution is -2.15. The maximum absolute atomic E-state index is 11.7. The van der Waals surface area contributed by atoms with Crippen LogP contribution in [-0.2, 0) is 16.0 Å². The SMILES string of the molecule is CCC(=O)C(OC)c1ccc2c(c1)OCCC2. The summed E-state index contributed by atoms with van der Waals surface area (Å²) < 4.78 is 10.9. The van der Waals surface area contributed by atoms with Gasteiger partial charge >= 0.3 is 0 Å². The molecule has 1 aromatic rings. The van der Waals surface area contributed by atoms with Gasteiger partial charge in [-0.1, -0.05) is 19.1 Å². The van der Waals surface area contributed by atoms with E-state index < -0.39 is 6.10 Å². The van der Waals surface area contributed by atoms with E-state index in [-0.39, 0.29) is 5.78 Å². The van der Waals surface area contributed by atoms with Gasteiger partial charge in [0.05, 0.1) is 6.61 Å². The second-order valence-corrected chi connectivity index (χ2v) is 4.25. The van der Waals surface area contributed by atoms with Gasteiger partial charge in [-0.25, -0.2) is 0 Å². The minimum absolute atomic E-state index is 0.100. The zero-order valence-corrected chi connectivity index (χ0v) is 10.4. The van der Waals surface area contributed by atoms with Crippen LogP contribution in [0.15, 0.2) is 18.2 Å². The zero-order valence-electron chi connectivity index (χ0n) is 10.4. The Bertz CT molecular complexity index is 412. The zero-order chi connectivity index (χ0) is 12.3. The van der Waals surface area contributed by atoms with Crippen molar-refractivity contribution >= 4 is 5.78 Å². The summed E-state index contributed by atoms with van der Waals surface area (Å²) >= 11 is 0. The van der Waals surface area contributed by atoms with Gasteiger partial charge in [0.1, 0.15) is 11.9 Å². The second kappa shape index (κ2) is 5.32. The van der Waals surface area contributed by atoms with Gasteiger partial charge in [0.2, 0.25) is 0 Å². The van der Waals surface area contributed by atoms with Crippen LogP contribution in [0.5, 0.6) is 5.75 Å². The van der Waals surface area contributed by atoms with Crippen molar-refractivity contribution in [2.24, 2.45) is 0 Å². The number of hydrogen-bond donors (Lipinski definition) is 0. The van der Waals surface area contributed by atoms with Crippen LogP contribution in [0.4, 0.5) is 0 Å². The number of hydrogen-bond acceptors (Lipinski definition) is 3. The number of benzene rings is 1. The van der Waals surface area contributed by atoms with Crippen molar-refractivity contribution in [1.82, 2.24) is 0 Å². The number of rotatable bonds is 4. The first-order chi connectivity index (χ1) is 8.26. The summed E-state index contributed by atoms with van der Waals surface area (Å²) in [6.45, 7) is 2.61. The van der Waals surface area contributed by atoms with Gasteiger partial charge in [0.25, 0.3) is 0 Å². The summed E-state index contributed by atoms with van der Waals surface area (Å²) in [6, 6.07) is 5.95. The Morgan fingerprint density at radius 1 is 1.53 bits per heavy atom. The van der Waals surface area contributed by atoms with Gasteiger partial charge in [-0.15, -0.1) is 0 Å². The van der Waals surface area contributed by atoms with Crippen molar-refractivity contribution in [3.63, 3.8) is 0 Å². The number of fused-ring (bicyclic) bond motifs is 1. The fourth-order valence-electron chi connectivity index (χ4n) is 2.16. The number of methoxy groups -OCH3 is 1. The highest BCUT2D eigenvalue weighted by atomic mass is 16.5. The van der Waals surface area contributed by atoms with Crippen molar-refractivity contribution in [2.45, 2.75) is 32.3 Å². The summed E-state index contributed by atoms with van der Waals surface area (Å²) in [5, 5.41) is 0. The molecule has 0 bridgehead atoms.